The molecule has 1 aromatic rings. The van der Waals surface area contributed by atoms with Gasteiger partial charge in [0.2, 0.25) is 0 Å². The number of hydrogen-bond donors (Lipinski definition) is 0. The molecule has 0 atom stereocenters. The molecule has 4 heteroatoms. The summed E-state index contributed by atoms with van der Waals surface area (Å²) in [6.45, 7) is 1.64. The number of nitriles is 1. The van der Waals surface area contributed by atoms with E-state index in [9.17, 15) is 4.79 Å². The highest BCUT2D eigenvalue weighted by atomic mass is 16.2. The molecule has 15 heavy (non-hydrogen) atoms. The van der Waals surface area contributed by atoms with Gasteiger partial charge in [-0.2, -0.15) is 5.26 Å². The number of carbonyl (C=O) groups excluding carboxylic acids is 1. The summed E-state index contributed by atoms with van der Waals surface area (Å²) in [6, 6.07) is 5.13. The lowest BCUT2D eigenvalue weighted by Crippen LogP contribution is -2.27. The van der Waals surface area contributed by atoms with Gasteiger partial charge in [0.05, 0.1) is 0 Å². The van der Waals surface area contributed by atoms with Gasteiger partial charge >= 0.3 is 0 Å². The molecule has 0 aliphatic carbocycles. The molecule has 0 saturated carbocycles. The van der Waals surface area contributed by atoms with Crippen molar-refractivity contribution in [3.05, 3.63) is 29.6 Å². The SMILES string of the molecule is N#Cc1cc(C(=O)N2CCCC2)ccn1. The number of aromatic nitrogens is 1. The fourth-order valence-electron chi connectivity index (χ4n) is 1.73. The molecule has 1 saturated heterocycles. The third-order valence-corrected chi connectivity index (χ3v) is 2.51. The number of likely N-dealkylation sites (tertiary alicyclic amines) is 1. The molecule has 0 radical (unpaired) electrons. The maximum Gasteiger partial charge on any atom is 0.254 e. The Kier molecular flexibility index (Phi) is 2.64. The van der Waals surface area contributed by atoms with Crippen LogP contribution in [0, 0.1) is 11.3 Å². The normalized spacial score (nSPS) is 15.0. The summed E-state index contributed by atoms with van der Waals surface area (Å²) < 4.78 is 0. The summed E-state index contributed by atoms with van der Waals surface area (Å²) in [6.07, 6.45) is 3.64. The topological polar surface area (TPSA) is 57.0 Å². The van der Waals surface area contributed by atoms with Gasteiger partial charge in [0.25, 0.3) is 5.91 Å². The molecule has 1 fully saturated rings. The molecule has 1 aliphatic rings. The van der Waals surface area contributed by atoms with E-state index >= 15 is 0 Å². The Balaban J connectivity index is 2.21. The first-order chi connectivity index (χ1) is 7.31. The molecule has 4 nitrogen and oxygen atoms in total. The van der Waals surface area contributed by atoms with E-state index in [1.54, 1.807) is 12.1 Å². The minimum atomic E-state index is 0.00593. The van der Waals surface area contributed by atoms with Gasteiger partial charge < -0.3 is 4.90 Å². The van der Waals surface area contributed by atoms with Crippen molar-refractivity contribution in [3.63, 3.8) is 0 Å². The molecule has 0 unspecified atom stereocenters. The van der Waals surface area contributed by atoms with Crippen LogP contribution >= 0.6 is 0 Å². The third kappa shape index (κ3) is 1.96. The first-order valence-electron chi connectivity index (χ1n) is 4.96. The maximum absolute atomic E-state index is 11.9. The molecular weight excluding hydrogens is 190 g/mol. The van der Waals surface area contributed by atoms with Crippen molar-refractivity contribution in [1.82, 2.24) is 9.88 Å². The number of rotatable bonds is 1. The highest BCUT2D eigenvalue weighted by Crippen LogP contribution is 2.12. The third-order valence-electron chi connectivity index (χ3n) is 2.51. The van der Waals surface area contributed by atoms with E-state index in [1.807, 2.05) is 11.0 Å². The lowest BCUT2D eigenvalue weighted by atomic mass is 10.2. The summed E-state index contributed by atoms with van der Waals surface area (Å²) in [5.41, 5.74) is 0.850. The average Bonchev–Trinajstić information content (AvgIpc) is 2.81. The molecule has 1 aromatic heterocycles. The Morgan fingerprint density at radius 3 is 2.87 bits per heavy atom. The van der Waals surface area contributed by atoms with E-state index in [0.29, 0.717) is 11.3 Å². The second kappa shape index (κ2) is 4.09. The molecule has 2 heterocycles. The summed E-state index contributed by atoms with van der Waals surface area (Å²) in [4.78, 5) is 17.6. The van der Waals surface area contributed by atoms with Gasteiger partial charge in [-0.3, -0.25) is 4.79 Å². The van der Waals surface area contributed by atoms with Crippen molar-refractivity contribution >= 4 is 5.91 Å². The van der Waals surface area contributed by atoms with E-state index in [0.717, 1.165) is 25.9 Å². The first-order valence-corrected chi connectivity index (χ1v) is 4.96. The van der Waals surface area contributed by atoms with Crippen molar-refractivity contribution < 1.29 is 4.79 Å². The molecule has 0 bridgehead atoms. The van der Waals surface area contributed by atoms with Crippen LogP contribution in [0.25, 0.3) is 0 Å². The molecular formula is C11H11N3O. The van der Waals surface area contributed by atoms with Gasteiger partial charge in [0.1, 0.15) is 11.8 Å². The lowest BCUT2D eigenvalue weighted by molar-refractivity contribution is 0.0792. The van der Waals surface area contributed by atoms with Gasteiger partial charge in [0, 0.05) is 24.8 Å². The Morgan fingerprint density at radius 2 is 2.20 bits per heavy atom. The Hall–Kier alpha value is -1.89. The Morgan fingerprint density at radius 1 is 1.47 bits per heavy atom. The zero-order valence-corrected chi connectivity index (χ0v) is 8.31. The van der Waals surface area contributed by atoms with Crippen molar-refractivity contribution in [3.8, 4) is 6.07 Å². The van der Waals surface area contributed by atoms with Crippen molar-refractivity contribution in [2.24, 2.45) is 0 Å². The minimum absolute atomic E-state index is 0.00593. The molecule has 0 aromatic carbocycles. The fraction of sp³-hybridized carbons (Fsp3) is 0.364. The second-order valence-corrected chi connectivity index (χ2v) is 3.54. The quantitative estimate of drug-likeness (QED) is 0.685. The number of amides is 1. The number of hydrogen-bond acceptors (Lipinski definition) is 3. The van der Waals surface area contributed by atoms with Crippen molar-refractivity contribution in [2.75, 3.05) is 13.1 Å². The van der Waals surface area contributed by atoms with Crippen molar-refractivity contribution in [2.45, 2.75) is 12.8 Å². The summed E-state index contributed by atoms with van der Waals surface area (Å²) in [7, 11) is 0. The van der Waals surface area contributed by atoms with E-state index in [4.69, 9.17) is 5.26 Å². The van der Waals surface area contributed by atoms with Crippen LogP contribution < -0.4 is 0 Å². The smallest absolute Gasteiger partial charge is 0.254 e. The molecule has 1 aliphatic heterocycles. The lowest BCUT2D eigenvalue weighted by Gasteiger charge is -2.14. The van der Waals surface area contributed by atoms with E-state index < -0.39 is 0 Å². The van der Waals surface area contributed by atoms with Gasteiger partial charge in [-0.1, -0.05) is 0 Å². The van der Waals surface area contributed by atoms with E-state index in [2.05, 4.69) is 4.98 Å². The van der Waals surface area contributed by atoms with E-state index in [-0.39, 0.29) is 5.91 Å². The van der Waals surface area contributed by atoms with Crippen molar-refractivity contribution in [1.29, 1.82) is 5.26 Å². The van der Waals surface area contributed by atoms with Crippen LogP contribution in [0.15, 0.2) is 18.3 Å². The molecule has 76 valence electrons. The monoisotopic (exact) mass is 201 g/mol. The van der Waals surface area contributed by atoms with Gasteiger partial charge in [0.15, 0.2) is 0 Å². The van der Waals surface area contributed by atoms with Crippen LogP contribution in [0.3, 0.4) is 0 Å². The summed E-state index contributed by atoms with van der Waals surface area (Å²) in [5, 5.41) is 8.67. The zero-order chi connectivity index (χ0) is 10.7. The molecule has 0 N–H and O–H groups in total. The summed E-state index contributed by atoms with van der Waals surface area (Å²) in [5.74, 6) is 0.00593. The average molecular weight is 201 g/mol. The first kappa shape index (κ1) is 9.66. The fourth-order valence-corrected chi connectivity index (χ4v) is 1.73. The summed E-state index contributed by atoms with van der Waals surface area (Å²) >= 11 is 0. The number of nitrogens with zero attached hydrogens (tertiary/aromatic N) is 3. The van der Waals surface area contributed by atoms with Gasteiger partial charge in [-0.05, 0) is 25.0 Å². The second-order valence-electron chi connectivity index (χ2n) is 3.54. The Bertz CT molecular complexity index is 416. The largest absolute Gasteiger partial charge is 0.339 e. The van der Waals surface area contributed by atoms with E-state index in [1.165, 1.54) is 6.20 Å². The van der Waals surface area contributed by atoms with Crippen LogP contribution in [-0.4, -0.2) is 28.9 Å². The predicted molar refractivity (Wildman–Crippen MR) is 54.1 cm³/mol. The van der Waals surface area contributed by atoms with Crippen LogP contribution in [0.2, 0.25) is 0 Å². The minimum Gasteiger partial charge on any atom is -0.339 e. The van der Waals surface area contributed by atoms with Gasteiger partial charge in [-0.15, -0.1) is 0 Å². The maximum atomic E-state index is 11.9. The number of carbonyl (C=O) groups is 1. The van der Waals surface area contributed by atoms with Crippen LogP contribution in [0.5, 0.6) is 0 Å². The predicted octanol–water partition coefficient (Wildman–Crippen LogP) is 1.19. The highest BCUT2D eigenvalue weighted by molar-refractivity contribution is 5.94. The standard InChI is InChI=1S/C11H11N3O/c12-8-10-7-9(3-4-13-10)11(15)14-5-1-2-6-14/h3-4,7H,1-2,5-6H2. The zero-order valence-electron chi connectivity index (χ0n) is 8.31. The molecule has 1 amide bonds. The number of pyridine rings is 1. The Labute approximate surface area is 88.1 Å². The highest BCUT2D eigenvalue weighted by Gasteiger charge is 2.19. The van der Waals surface area contributed by atoms with Crippen LogP contribution in [-0.2, 0) is 0 Å². The van der Waals surface area contributed by atoms with Crippen LogP contribution in [0.1, 0.15) is 28.9 Å². The van der Waals surface area contributed by atoms with Crippen LogP contribution in [0.4, 0.5) is 0 Å². The van der Waals surface area contributed by atoms with Gasteiger partial charge in [-0.25, -0.2) is 4.98 Å². The molecule has 0 spiro atoms. The molecule has 2 rings (SSSR count).